The lowest BCUT2D eigenvalue weighted by Crippen LogP contribution is -2.42. The number of hydrogen-bond donors (Lipinski definition) is 2. The van der Waals surface area contributed by atoms with Crippen LogP contribution in [0.4, 0.5) is 0 Å². The predicted octanol–water partition coefficient (Wildman–Crippen LogP) is 0.466. The van der Waals surface area contributed by atoms with Crippen molar-refractivity contribution < 1.29 is 0 Å². The average Bonchev–Trinajstić information content (AvgIpc) is 3.01. The van der Waals surface area contributed by atoms with E-state index in [1.165, 1.54) is 26.1 Å². The zero-order chi connectivity index (χ0) is 17.0. The minimum atomic E-state index is 0.809. The zero-order valence-electron chi connectivity index (χ0n) is 15.2. The molecule has 2 N–H and O–H groups in total. The Hall–Kier alpha value is -1.60. The Labute approximate surface area is 146 Å². The third-order valence-electron chi connectivity index (χ3n) is 4.25. The summed E-state index contributed by atoms with van der Waals surface area (Å²) in [4.78, 5) is 9.61. The van der Waals surface area contributed by atoms with Gasteiger partial charge in [-0.2, -0.15) is 5.10 Å². The van der Waals surface area contributed by atoms with Gasteiger partial charge in [0.1, 0.15) is 0 Å². The van der Waals surface area contributed by atoms with E-state index >= 15 is 0 Å². The lowest BCUT2D eigenvalue weighted by Gasteiger charge is -2.21. The maximum Gasteiger partial charge on any atom is 0.191 e. The first kappa shape index (κ1) is 18.7. The molecule has 7 heteroatoms. The quantitative estimate of drug-likeness (QED) is 0.411. The van der Waals surface area contributed by atoms with Crippen molar-refractivity contribution in [2.75, 3.05) is 59.4 Å². The van der Waals surface area contributed by atoms with E-state index in [9.17, 15) is 0 Å². The van der Waals surface area contributed by atoms with Gasteiger partial charge in [-0.25, -0.2) is 0 Å². The molecule has 136 valence electrons. The van der Waals surface area contributed by atoms with Gasteiger partial charge in [0.05, 0.1) is 0 Å². The molecule has 1 aliphatic heterocycles. The molecule has 7 nitrogen and oxygen atoms in total. The number of guanidine groups is 1. The van der Waals surface area contributed by atoms with Crippen molar-refractivity contribution in [3.63, 3.8) is 0 Å². The first-order valence-electron chi connectivity index (χ1n) is 9.18. The van der Waals surface area contributed by atoms with E-state index in [2.05, 4.69) is 44.5 Å². The molecule has 0 saturated carbocycles. The molecule has 0 unspecified atom stereocenters. The van der Waals surface area contributed by atoms with Gasteiger partial charge in [0.2, 0.25) is 0 Å². The standard InChI is InChI=1S/C17H33N7/c1-3-18-17(19-7-4-12-24-13-5-8-21-24)20-9-14-23-11-6-10-22(2)15-16-23/h5,8,13H,3-4,6-7,9-12,14-16H2,1-2H3,(H2,18,19,20). The summed E-state index contributed by atoms with van der Waals surface area (Å²) in [6.07, 6.45) is 6.07. The van der Waals surface area contributed by atoms with E-state index in [0.717, 1.165) is 51.6 Å². The maximum atomic E-state index is 4.65. The molecule has 0 amide bonds. The van der Waals surface area contributed by atoms with Gasteiger partial charge >= 0.3 is 0 Å². The SMILES string of the molecule is CCNC(=NCCCn1cccn1)NCCN1CCCN(C)CC1. The third kappa shape index (κ3) is 7.31. The van der Waals surface area contributed by atoms with Crippen LogP contribution in [-0.2, 0) is 6.54 Å². The highest BCUT2D eigenvalue weighted by molar-refractivity contribution is 5.79. The van der Waals surface area contributed by atoms with Gasteiger partial charge in [0.15, 0.2) is 5.96 Å². The molecule has 1 aromatic rings. The molecule has 2 rings (SSSR count). The summed E-state index contributed by atoms with van der Waals surface area (Å²) < 4.78 is 1.95. The van der Waals surface area contributed by atoms with Crippen LogP contribution >= 0.6 is 0 Å². The molecule has 0 bridgehead atoms. The summed E-state index contributed by atoms with van der Waals surface area (Å²) >= 11 is 0. The van der Waals surface area contributed by atoms with Crippen molar-refractivity contribution in [1.29, 1.82) is 0 Å². The minimum Gasteiger partial charge on any atom is -0.357 e. The third-order valence-corrected chi connectivity index (χ3v) is 4.25. The van der Waals surface area contributed by atoms with Gasteiger partial charge in [-0.1, -0.05) is 0 Å². The van der Waals surface area contributed by atoms with Crippen LogP contribution in [0.25, 0.3) is 0 Å². The Bertz CT molecular complexity index is 458. The molecule has 1 aromatic heterocycles. The van der Waals surface area contributed by atoms with Crippen LogP contribution in [0.2, 0.25) is 0 Å². The second-order valence-corrected chi connectivity index (χ2v) is 6.31. The number of nitrogens with one attached hydrogen (secondary N) is 2. The molecule has 0 spiro atoms. The molecular weight excluding hydrogens is 302 g/mol. The molecule has 1 saturated heterocycles. The monoisotopic (exact) mass is 335 g/mol. The van der Waals surface area contributed by atoms with Crippen molar-refractivity contribution in [3.05, 3.63) is 18.5 Å². The first-order chi connectivity index (χ1) is 11.8. The Balaban J connectivity index is 1.65. The van der Waals surface area contributed by atoms with Gasteiger partial charge in [-0.05, 0) is 46.0 Å². The van der Waals surface area contributed by atoms with Gasteiger partial charge < -0.3 is 20.4 Å². The fraction of sp³-hybridized carbons (Fsp3) is 0.765. The predicted molar refractivity (Wildman–Crippen MR) is 99.4 cm³/mol. The highest BCUT2D eigenvalue weighted by Crippen LogP contribution is 1.99. The van der Waals surface area contributed by atoms with Gasteiger partial charge in [-0.3, -0.25) is 9.67 Å². The molecule has 2 heterocycles. The number of aliphatic imine (C=N–C) groups is 1. The molecule has 24 heavy (non-hydrogen) atoms. The number of rotatable bonds is 8. The van der Waals surface area contributed by atoms with Crippen LogP contribution in [0, 0.1) is 0 Å². The summed E-state index contributed by atoms with van der Waals surface area (Å²) in [6, 6.07) is 1.95. The van der Waals surface area contributed by atoms with Crippen LogP contribution in [0.15, 0.2) is 23.5 Å². The molecule has 1 fully saturated rings. The minimum absolute atomic E-state index is 0.809. The van der Waals surface area contributed by atoms with Crippen molar-refractivity contribution >= 4 is 5.96 Å². The molecule has 0 aromatic carbocycles. The number of nitrogens with zero attached hydrogens (tertiary/aromatic N) is 5. The zero-order valence-corrected chi connectivity index (χ0v) is 15.2. The number of aryl methyl sites for hydroxylation is 1. The van der Waals surface area contributed by atoms with Crippen molar-refractivity contribution in [2.24, 2.45) is 4.99 Å². The largest absolute Gasteiger partial charge is 0.357 e. The van der Waals surface area contributed by atoms with Gasteiger partial charge in [0, 0.05) is 58.2 Å². The fourth-order valence-electron chi connectivity index (χ4n) is 2.85. The van der Waals surface area contributed by atoms with Crippen molar-refractivity contribution in [2.45, 2.75) is 26.3 Å². The van der Waals surface area contributed by atoms with E-state index in [1.54, 1.807) is 0 Å². The fourth-order valence-corrected chi connectivity index (χ4v) is 2.85. The summed E-state index contributed by atoms with van der Waals surface area (Å²) in [5.74, 6) is 0.921. The lowest BCUT2D eigenvalue weighted by molar-refractivity contribution is 0.280. The molecule has 0 radical (unpaired) electrons. The van der Waals surface area contributed by atoms with Crippen LogP contribution < -0.4 is 10.6 Å². The second-order valence-electron chi connectivity index (χ2n) is 6.31. The molecule has 0 atom stereocenters. The van der Waals surface area contributed by atoms with Crippen LogP contribution in [0.3, 0.4) is 0 Å². The lowest BCUT2D eigenvalue weighted by atomic mass is 10.4. The van der Waals surface area contributed by atoms with Crippen LogP contribution in [0.5, 0.6) is 0 Å². The van der Waals surface area contributed by atoms with Crippen LogP contribution in [-0.4, -0.2) is 84.9 Å². The van der Waals surface area contributed by atoms with E-state index < -0.39 is 0 Å². The molecule has 1 aliphatic rings. The summed E-state index contributed by atoms with van der Waals surface area (Å²) in [5.41, 5.74) is 0. The Kier molecular flexibility index (Phi) is 8.62. The molecule has 0 aliphatic carbocycles. The summed E-state index contributed by atoms with van der Waals surface area (Å²) in [5, 5.41) is 11.0. The normalized spacial score (nSPS) is 17.7. The van der Waals surface area contributed by atoms with Crippen LogP contribution in [0.1, 0.15) is 19.8 Å². The summed E-state index contributed by atoms with van der Waals surface area (Å²) in [6.45, 7) is 11.5. The summed E-state index contributed by atoms with van der Waals surface area (Å²) in [7, 11) is 2.21. The smallest absolute Gasteiger partial charge is 0.191 e. The Morgan fingerprint density at radius 1 is 1.17 bits per heavy atom. The van der Waals surface area contributed by atoms with Crippen molar-refractivity contribution in [1.82, 2.24) is 30.2 Å². The van der Waals surface area contributed by atoms with E-state index in [-0.39, 0.29) is 0 Å². The number of hydrogen-bond acceptors (Lipinski definition) is 4. The first-order valence-corrected chi connectivity index (χ1v) is 9.18. The Morgan fingerprint density at radius 2 is 2.08 bits per heavy atom. The van der Waals surface area contributed by atoms with Gasteiger partial charge in [0.25, 0.3) is 0 Å². The Morgan fingerprint density at radius 3 is 2.88 bits per heavy atom. The van der Waals surface area contributed by atoms with E-state index in [4.69, 9.17) is 0 Å². The highest BCUT2D eigenvalue weighted by Gasteiger charge is 2.11. The average molecular weight is 336 g/mol. The van der Waals surface area contributed by atoms with E-state index in [0.29, 0.717) is 0 Å². The molecular formula is C17H33N7. The maximum absolute atomic E-state index is 4.65. The topological polar surface area (TPSA) is 60.7 Å². The van der Waals surface area contributed by atoms with Gasteiger partial charge in [-0.15, -0.1) is 0 Å². The second kappa shape index (κ2) is 11.0. The number of likely N-dealkylation sites (N-methyl/N-ethyl adjacent to an activating group) is 1. The van der Waals surface area contributed by atoms with E-state index in [1.807, 2.05) is 23.1 Å². The number of aromatic nitrogens is 2. The van der Waals surface area contributed by atoms with Crippen molar-refractivity contribution in [3.8, 4) is 0 Å². The highest BCUT2D eigenvalue weighted by atomic mass is 15.3.